The fourth-order valence-corrected chi connectivity index (χ4v) is 4.43. The number of carbonyl (C=O) groups is 2. The number of anilines is 2. The van der Waals surface area contributed by atoms with Crippen molar-refractivity contribution in [3.05, 3.63) is 95.7 Å². The summed E-state index contributed by atoms with van der Waals surface area (Å²) in [4.78, 5) is 36.2. The molecule has 1 aliphatic rings. The molecule has 1 atom stereocenters. The van der Waals surface area contributed by atoms with Crippen molar-refractivity contribution in [2.75, 3.05) is 30.4 Å². The number of benzene rings is 2. The van der Waals surface area contributed by atoms with Gasteiger partial charge in [0.2, 0.25) is 5.82 Å². The van der Waals surface area contributed by atoms with Crippen LogP contribution in [0, 0.1) is 0 Å². The Morgan fingerprint density at radius 1 is 1.08 bits per heavy atom. The third kappa shape index (κ3) is 6.59. The lowest BCUT2D eigenvalue weighted by Crippen LogP contribution is -2.49. The number of likely N-dealkylation sites (N-methyl/N-ethyl adjacent to an activating group) is 1. The average molecular weight is 526 g/mol. The van der Waals surface area contributed by atoms with E-state index in [1.165, 1.54) is 4.90 Å². The molecule has 0 fully saturated rings. The summed E-state index contributed by atoms with van der Waals surface area (Å²) in [5.74, 6) is 1.23. The number of aryl methyl sites for hydroxylation is 1. The van der Waals surface area contributed by atoms with E-state index < -0.39 is 11.9 Å². The van der Waals surface area contributed by atoms with Crippen molar-refractivity contribution in [1.82, 2.24) is 25.5 Å². The summed E-state index contributed by atoms with van der Waals surface area (Å²) in [6.07, 6.45) is 5.13. The highest BCUT2D eigenvalue weighted by atomic mass is 16.5. The maximum Gasteiger partial charge on any atom is 0.291 e. The first-order valence-electron chi connectivity index (χ1n) is 13.0. The first kappa shape index (κ1) is 25.9. The van der Waals surface area contributed by atoms with Gasteiger partial charge in [0.25, 0.3) is 11.8 Å². The van der Waals surface area contributed by atoms with E-state index in [9.17, 15) is 9.59 Å². The number of nitrogens with zero attached hydrogens (tertiary/aromatic N) is 4. The number of amides is 2. The van der Waals surface area contributed by atoms with Gasteiger partial charge in [-0.05, 0) is 54.7 Å². The van der Waals surface area contributed by atoms with Gasteiger partial charge >= 0.3 is 0 Å². The monoisotopic (exact) mass is 525 g/mol. The van der Waals surface area contributed by atoms with Gasteiger partial charge in [0.05, 0.1) is 5.69 Å². The Balaban J connectivity index is 1.15. The first-order valence-corrected chi connectivity index (χ1v) is 13.0. The molecular formula is C29H31N7O3. The molecule has 10 heteroatoms. The molecule has 0 radical (unpaired) electrons. The Hall–Kier alpha value is -4.73. The SMILES string of the molecule is CN1C(=O)[C@H](NC(=O)c2n[nH]c(Cc3ccccc3)n2)COc2ccc(CCCCNc3ccccn3)cc21. The van der Waals surface area contributed by atoms with Gasteiger partial charge in [0.1, 0.15) is 30.0 Å². The fourth-order valence-electron chi connectivity index (χ4n) is 4.43. The Labute approximate surface area is 226 Å². The van der Waals surface area contributed by atoms with Gasteiger partial charge in [-0.15, -0.1) is 5.10 Å². The van der Waals surface area contributed by atoms with Crippen LogP contribution in [0.5, 0.6) is 5.75 Å². The standard InChI is InChI=1S/C29H31N7O3/c1-36-23-17-21(11-5-7-15-30-25-12-6-8-16-31-25)13-14-24(23)39-19-22(29(36)38)32-28(37)27-33-26(34-35-27)18-20-9-3-2-4-10-20/h2-4,6,8-10,12-14,16-17,22H,5,7,11,15,18-19H2,1H3,(H,30,31)(H,32,37)(H,33,34,35)/t22-/m1/s1. The first-order chi connectivity index (χ1) is 19.1. The largest absolute Gasteiger partial charge is 0.489 e. The van der Waals surface area contributed by atoms with Crippen LogP contribution in [0.25, 0.3) is 0 Å². The molecule has 0 bridgehead atoms. The van der Waals surface area contributed by atoms with Gasteiger partial charge in [-0.1, -0.05) is 42.5 Å². The molecular weight excluding hydrogens is 494 g/mol. The molecule has 4 aromatic rings. The zero-order valence-corrected chi connectivity index (χ0v) is 21.8. The van der Waals surface area contributed by atoms with Crippen LogP contribution >= 0.6 is 0 Å². The van der Waals surface area contributed by atoms with Gasteiger partial charge in [-0.2, -0.15) is 0 Å². The van der Waals surface area contributed by atoms with Crippen molar-refractivity contribution >= 4 is 23.3 Å². The lowest BCUT2D eigenvalue weighted by atomic mass is 10.1. The van der Waals surface area contributed by atoms with Gasteiger partial charge in [0, 0.05) is 26.2 Å². The lowest BCUT2D eigenvalue weighted by Gasteiger charge is -2.20. The molecule has 3 heterocycles. The van der Waals surface area contributed by atoms with Crippen molar-refractivity contribution in [1.29, 1.82) is 0 Å². The van der Waals surface area contributed by atoms with E-state index in [4.69, 9.17) is 4.74 Å². The van der Waals surface area contributed by atoms with Gasteiger partial charge in [-0.3, -0.25) is 14.7 Å². The predicted molar refractivity (Wildman–Crippen MR) is 148 cm³/mol. The van der Waals surface area contributed by atoms with Crippen LogP contribution < -0.4 is 20.3 Å². The second kappa shape index (κ2) is 12.2. The molecule has 0 saturated heterocycles. The number of H-pyrrole nitrogens is 1. The number of pyridine rings is 1. The molecule has 39 heavy (non-hydrogen) atoms. The molecule has 10 nitrogen and oxygen atoms in total. The summed E-state index contributed by atoms with van der Waals surface area (Å²) in [5.41, 5.74) is 2.85. The van der Waals surface area contributed by atoms with E-state index >= 15 is 0 Å². The van der Waals surface area contributed by atoms with E-state index in [1.54, 1.807) is 13.2 Å². The summed E-state index contributed by atoms with van der Waals surface area (Å²) in [6.45, 7) is 0.852. The number of rotatable bonds is 10. The van der Waals surface area contributed by atoms with Crippen molar-refractivity contribution in [3.63, 3.8) is 0 Å². The number of ether oxygens (including phenoxy) is 1. The number of unbranched alkanes of at least 4 members (excludes halogenated alkanes) is 1. The van der Waals surface area contributed by atoms with Crippen molar-refractivity contribution in [2.24, 2.45) is 0 Å². The van der Waals surface area contributed by atoms with Gasteiger partial charge < -0.3 is 20.3 Å². The number of fused-ring (bicyclic) bond motifs is 1. The maximum absolute atomic E-state index is 13.2. The topological polar surface area (TPSA) is 125 Å². The number of aromatic nitrogens is 4. The molecule has 2 amide bonds. The van der Waals surface area contributed by atoms with Crippen LogP contribution in [0.4, 0.5) is 11.5 Å². The Morgan fingerprint density at radius 2 is 1.92 bits per heavy atom. The fraction of sp³-hybridized carbons (Fsp3) is 0.276. The summed E-state index contributed by atoms with van der Waals surface area (Å²) < 4.78 is 5.93. The van der Waals surface area contributed by atoms with Crippen LogP contribution in [0.2, 0.25) is 0 Å². The Kier molecular flexibility index (Phi) is 8.11. The second-order valence-electron chi connectivity index (χ2n) is 9.40. The highest BCUT2D eigenvalue weighted by Gasteiger charge is 2.31. The average Bonchev–Trinajstić information content (AvgIpc) is 3.40. The minimum Gasteiger partial charge on any atom is -0.489 e. The summed E-state index contributed by atoms with van der Waals surface area (Å²) in [6, 6.07) is 20.6. The van der Waals surface area contributed by atoms with E-state index in [-0.39, 0.29) is 18.3 Å². The third-order valence-electron chi connectivity index (χ3n) is 6.54. The molecule has 0 unspecified atom stereocenters. The number of aromatic amines is 1. The van der Waals surface area contributed by atoms with Crippen LogP contribution in [0.1, 0.15) is 40.4 Å². The highest BCUT2D eigenvalue weighted by molar-refractivity contribution is 6.02. The lowest BCUT2D eigenvalue weighted by molar-refractivity contribution is -0.120. The minimum atomic E-state index is -0.868. The molecule has 2 aromatic heterocycles. The van der Waals surface area contributed by atoms with Gasteiger partial charge in [-0.25, -0.2) is 9.97 Å². The molecule has 200 valence electrons. The van der Waals surface area contributed by atoms with Crippen molar-refractivity contribution in [3.8, 4) is 5.75 Å². The summed E-state index contributed by atoms with van der Waals surface area (Å²) in [5, 5.41) is 12.9. The van der Waals surface area contributed by atoms with Crippen molar-refractivity contribution < 1.29 is 14.3 Å². The number of hydrogen-bond acceptors (Lipinski definition) is 7. The third-order valence-corrected chi connectivity index (χ3v) is 6.54. The minimum absolute atomic E-state index is 0.0156. The van der Waals surface area contributed by atoms with E-state index in [1.807, 2.05) is 66.7 Å². The summed E-state index contributed by atoms with van der Waals surface area (Å²) in [7, 11) is 1.69. The number of hydrogen-bond donors (Lipinski definition) is 3. The zero-order valence-electron chi connectivity index (χ0n) is 21.8. The van der Waals surface area contributed by atoms with Gasteiger partial charge in [0.15, 0.2) is 0 Å². The van der Waals surface area contributed by atoms with Crippen LogP contribution in [0.3, 0.4) is 0 Å². The predicted octanol–water partition coefficient (Wildman–Crippen LogP) is 3.38. The smallest absolute Gasteiger partial charge is 0.291 e. The Bertz CT molecular complexity index is 1410. The number of carbonyl (C=O) groups excluding carboxylic acids is 2. The van der Waals surface area contributed by atoms with Crippen LogP contribution in [-0.4, -0.2) is 58.2 Å². The van der Waals surface area contributed by atoms with E-state index in [2.05, 4.69) is 30.8 Å². The zero-order chi connectivity index (χ0) is 27.0. The van der Waals surface area contributed by atoms with E-state index in [0.717, 1.165) is 42.8 Å². The van der Waals surface area contributed by atoms with E-state index in [0.29, 0.717) is 23.7 Å². The molecule has 2 aromatic carbocycles. The molecule has 0 spiro atoms. The quantitative estimate of drug-likeness (QED) is 0.271. The molecule has 5 rings (SSSR count). The molecule has 0 aliphatic carbocycles. The van der Waals surface area contributed by atoms with Crippen LogP contribution in [0.15, 0.2) is 72.9 Å². The normalized spacial score (nSPS) is 14.7. The summed E-state index contributed by atoms with van der Waals surface area (Å²) >= 11 is 0. The van der Waals surface area contributed by atoms with Crippen LogP contribution in [-0.2, 0) is 17.6 Å². The Morgan fingerprint density at radius 3 is 2.74 bits per heavy atom. The molecule has 1 aliphatic heterocycles. The second-order valence-corrected chi connectivity index (χ2v) is 9.40. The molecule has 0 saturated carbocycles. The highest BCUT2D eigenvalue weighted by Crippen LogP contribution is 2.32. The molecule has 3 N–H and O–H groups in total. The number of nitrogens with one attached hydrogen (secondary N) is 3. The van der Waals surface area contributed by atoms with Crippen molar-refractivity contribution in [2.45, 2.75) is 31.7 Å². The maximum atomic E-state index is 13.2.